The highest BCUT2D eigenvalue weighted by Crippen LogP contribution is 2.40. The maximum Gasteiger partial charge on any atom is 0.321 e. The van der Waals surface area contributed by atoms with Crippen molar-refractivity contribution in [3.63, 3.8) is 0 Å². The number of urea groups is 1. The topological polar surface area (TPSA) is 88.7 Å². The molecule has 4 rings (SSSR count). The van der Waals surface area contributed by atoms with Gasteiger partial charge in [-0.1, -0.05) is 12.1 Å². The highest BCUT2D eigenvalue weighted by Gasteiger charge is 2.27. The lowest BCUT2D eigenvalue weighted by Crippen LogP contribution is -2.41. The van der Waals surface area contributed by atoms with Crippen LogP contribution in [-0.2, 0) is 0 Å². The van der Waals surface area contributed by atoms with Gasteiger partial charge in [-0.15, -0.1) is 0 Å². The molecule has 8 heteroatoms. The predicted molar refractivity (Wildman–Crippen MR) is 115 cm³/mol. The summed E-state index contributed by atoms with van der Waals surface area (Å²) in [7, 11) is 4.64. The van der Waals surface area contributed by atoms with Gasteiger partial charge in [-0.25, -0.2) is 9.78 Å². The molecule has 8 nitrogen and oxygen atoms in total. The van der Waals surface area contributed by atoms with Gasteiger partial charge in [0.25, 0.3) is 0 Å². The third-order valence-corrected chi connectivity index (χ3v) is 5.42. The third-order valence-electron chi connectivity index (χ3n) is 5.42. The van der Waals surface area contributed by atoms with E-state index in [2.05, 4.69) is 10.3 Å². The molecule has 0 spiro atoms. The Bertz CT molecular complexity index is 991. The lowest BCUT2D eigenvalue weighted by Gasteiger charge is -2.32. The van der Waals surface area contributed by atoms with Crippen LogP contribution in [0.4, 0.5) is 10.5 Å². The third kappa shape index (κ3) is 3.85. The van der Waals surface area contributed by atoms with Gasteiger partial charge in [0, 0.05) is 31.1 Å². The van der Waals surface area contributed by atoms with E-state index < -0.39 is 0 Å². The zero-order chi connectivity index (χ0) is 21.1. The van der Waals surface area contributed by atoms with Crippen LogP contribution in [0.2, 0.25) is 0 Å². The van der Waals surface area contributed by atoms with Gasteiger partial charge in [0.1, 0.15) is 5.82 Å². The van der Waals surface area contributed by atoms with E-state index in [4.69, 9.17) is 19.2 Å². The summed E-state index contributed by atoms with van der Waals surface area (Å²) in [4.78, 5) is 22.9. The molecule has 0 radical (unpaired) electrons. The van der Waals surface area contributed by atoms with Gasteiger partial charge in [-0.3, -0.25) is 0 Å². The van der Waals surface area contributed by atoms with Gasteiger partial charge in [0.2, 0.25) is 5.75 Å². The zero-order valence-corrected chi connectivity index (χ0v) is 17.4. The van der Waals surface area contributed by atoms with Crippen molar-refractivity contribution < 1.29 is 19.0 Å². The van der Waals surface area contributed by atoms with Crippen molar-refractivity contribution in [1.82, 2.24) is 14.9 Å². The van der Waals surface area contributed by atoms with Crippen LogP contribution >= 0.6 is 0 Å². The fraction of sp³-hybridized carbons (Fsp3) is 0.364. The number of fused-ring (bicyclic) bond motifs is 1. The number of hydrogen-bond acceptors (Lipinski definition) is 5. The predicted octanol–water partition coefficient (Wildman–Crippen LogP) is 4.00. The molecule has 30 heavy (non-hydrogen) atoms. The molecule has 1 aromatic heterocycles. The molecule has 1 aliphatic rings. The number of amides is 2. The molecule has 1 unspecified atom stereocenters. The molecule has 1 saturated heterocycles. The average Bonchev–Trinajstić information content (AvgIpc) is 3.22. The molecule has 1 aliphatic heterocycles. The van der Waals surface area contributed by atoms with Crippen LogP contribution in [0.5, 0.6) is 17.2 Å². The maximum absolute atomic E-state index is 12.9. The summed E-state index contributed by atoms with van der Waals surface area (Å²) in [5, 5.41) is 2.95. The van der Waals surface area contributed by atoms with E-state index in [0.29, 0.717) is 36.0 Å². The quantitative estimate of drug-likeness (QED) is 0.664. The standard InChI is InChI=1S/C22H26N4O4/c1-28-18-11-15(12-19(29-2)20(18)30-3)23-22(27)26-10-6-7-14(13-26)21-24-16-8-4-5-9-17(16)25-21/h4-5,8-9,11-12,14H,6-7,10,13H2,1-3H3,(H,23,27)(H,24,25). The number of nitrogens with one attached hydrogen (secondary N) is 2. The van der Waals surface area contributed by atoms with E-state index in [1.54, 1.807) is 33.5 Å². The summed E-state index contributed by atoms with van der Waals surface area (Å²) >= 11 is 0. The van der Waals surface area contributed by atoms with Crippen molar-refractivity contribution >= 4 is 22.8 Å². The molecule has 0 aliphatic carbocycles. The smallest absolute Gasteiger partial charge is 0.321 e. The summed E-state index contributed by atoms with van der Waals surface area (Å²) in [5.41, 5.74) is 2.55. The first-order chi connectivity index (χ1) is 14.6. The Morgan fingerprint density at radius 3 is 2.53 bits per heavy atom. The van der Waals surface area contributed by atoms with E-state index in [1.807, 2.05) is 29.2 Å². The van der Waals surface area contributed by atoms with Gasteiger partial charge in [0.05, 0.1) is 38.1 Å². The number of rotatable bonds is 5. The number of likely N-dealkylation sites (tertiary alicyclic amines) is 1. The van der Waals surface area contributed by atoms with E-state index >= 15 is 0 Å². The molecular weight excluding hydrogens is 384 g/mol. The first kappa shape index (κ1) is 19.9. The number of anilines is 1. The first-order valence-electron chi connectivity index (χ1n) is 9.93. The summed E-state index contributed by atoms with van der Waals surface area (Å²) in [5.74, 6) is 2.58. The van der Waals surface area contributed by atoms with E-state index in [9.17, 15) is 4.79 Å². The Labute approximate surface area is 175 Å². The van der Waals surface area contributed by atoms with Crippen molar-refractivity contribution in [2.75, 3.05) is 39.7 Å². The molecule has 158 valence electrons. The molecule has 2 heterocycles. The number of aromatic nitrogens is 2. The van der Waals surface area contributed by atoms with Gasteiger partial charge in [-0.05, 0) is 25.0 Å². The van der Waals surface area contributed by atoms with Crippen molar-refractivity contribution in [2.45, 2.75) is 18.8 Å². The Hall–Kier alpha value is -3.42. The molecule has 2 aromatic carbocycles. The van der Waals surface area contributed by atoms with Crippen molar-refractivity contribution in [1.29, 1.82) is 0 Å². The van der Waals surface area contributed by atoms with Crippen LogP contribution in [0, 0.1) is 0 Å². The molecule has 0 saturated carbocycles. The highest BCUT2D eigenvalue weighted by atomic mass is 16.5. The number of benzene rings is 2. The molecule has 1 atom stereocenters. The van der Waals surface area contributed by atoms with Gasteiger partial charge in [0.15, 0.2) is 11.5 Å². The number of H-pyrrole nitrogens is 1. The molecule has 3 aromatic rings. The Morgan fingerprint density at radius 2 is 1.87 bits per heavy atom. The van der Waals surface area contributed by atoms with Crippen molar-refractivity contribution in [3.8, 4) is 17.2 Å². The number of methoxy groups -OCH3 is 3. The summed E-state index contributed by atoms with van der Waals surface area (Å²) in [6.45, 7) is 1.31. The number of piperidine rings is 1. The normalized spacial score (nSPS) is 16.4. The van der Waals surface area contributed by atoms with Gasteiger partial charge < -0.3 is 29.4 Å². The monoisotopic (exact) mass is 410 g/mol. The molecule has 2 amide bonds. The van der Waals surface area contributed by atoms with E-state index in [1.165, 1.54) is 0 Å². The number of carbonyl (C=O) groups is 1. The van der Waals surface area contributed by atoms with Gasteiger partial charge in [-0.2, -0.15) is 0 Å². The minimum Gasteiger partial charge on any atom is -0.493 e. The largest absolute Gasteiger partial charge is 0.493 e. The molecule has 1 fully saturated rings. The summed E-state index contributed by atoms with van der Waals surface area (Å²) in [6, 6.07) is 11.3. The number of carbonyl (C=O) groups excluding carboxylic acids is 1. The SMILES string of the molecule is COc1cc(NC(=O)N2CCCC(c3nc4ccccc4[nH]3)C2)cc(OC)c1OC. The molecule has 0 bridgehead atoms. The maximum atomic E-state index is 12.9. The second-order valence-corrected chi connectivity index (χ2v) is 7.27. The summed E-state index contributed by atoms with van der Waals surface area (Å²) < 4.78 is 16.1. The summed E-state index contributed by atoms with van der Waals surface area (Å²) in [6.07, 6.45) is 1.91. The lowest BCUT2D eigenvalue weighted by atomic mass is 9.97. The molecular formula is C22H26N4O4. The second kappa shape index (κ2) is 8.52. The number of nitrogens with zero attached hydrogens (tertiary/aromatic N) is 2. The van der Waals surface area contributed by atoms with Crippen LogP contribution in [0.1, 0.15) is 24.6 Å². The number of hydrogen-bond donors (Lipinski definition) is 2. The van der Waals surface area contributed by atoms with Crippen LogP contribution in [0.15, 0.2) is 36.4 Å². The number of para-hydroxylation sites is 2. The van der Waals surface area contributed by atoms with E-state index in [0.717, 1.165) is 29.7 Å². The van der Waals surface area contributed by atoms with Crippen molar-refractivity contribution in [2.24, 2.45) is 0 Å². The minimum atomic E-state index is -0.162. The lowest BCUT2D eigenvalue weighted by molar-refractivity contribution is 0.191. The Balaban J connectivity index is 1.49. The first-order valence-corrected chi connectivity index (χ1v) is 9.93. The van der Waals surface area contributed by atoms with Crippen LogP contribution in [-0.4, -0.2) is 55.3 Å². The fourth-order valence-corrected chi connectivity index (χ4v) is 3.91. The van der Waals surface area contributed by atoms with E-state index in [-0.39, 0.29) is 11.9 Å². The minimum absolute atomic E-state index is 0.162. The Kier molecular flexibility index (Phi) is 5.65. The van der Waals surface area contributed by atoms with Crippen molar-refractivity contribution in [3.05, 3.63) is 42.2 Å². The zero-order valence-electron chi connectivity index (χ0n) is 17.4. The Morgan fingerprint density at radius 1 is 1.13 bits per heavy atom. The molecule has 2 N–H and O–H groups in total. The second-order valence-electron chi connectivity index (χ2n) is 7.27. The van der Waals surface area contributed by atoms with Crippen LogP contribution in [0.25, 0.3) is 11.0 Å². The highest BCUT2D eigenvalue weighted by molar-refractivity contribution is 5.90. The number of aromatic amines is 1. The van der Waals surface area contributed by atoms with Crippen LogP contribution in [0.3, 0.4) is 0 Å². The van der Waals surface area contributed by atoms with Gasteiger partial charge >= 0.3 is 6.03 Å². The average molecular weight is 410 g/mol. The van der Waals surface area contributed by atoms with Crippen LogP contribution < -0.4 is 19.5 Å². The number of ether oxygens (including phenoxy) is 3. The number of imidazole rings is 1. The fourth-order valence-electron chi connectivity index (χ4n) is 3.91.